The highest BCUT2D eigenvalue weighted by Gasteiger charge is 2.19. The Labute approximate surface area is 164 Å². The predicted octanol–water partition coefficient (Wildman–Crippen LogP) is 4.12. The smallest absolute Gasteiger partial charge is 0.261 e. The molecule has 0 aliphatic carbocycles. The highest BCUT2D eigenvalue weighted by atomic mass is 32.2. The zero-order valence-corrected chi connectivity index (χ0v) is 16.3. The molecular weight excluding hydrogens is 376 g/mol. The van der Waals surface area contributed by atoms with Crippen LogP contribution in [0.4, 0.5) is 11.4 Å². The molecule has 0 unspecified atom stereocenters. The Morgan fingerprint density at radius 2 is 1.57 bits per heavy atom. The lowest BCUT2D eigenvalue weighted by atomic mass is 10.0. The molecule has 0 aromatic heterocycles. The summed E-state index contributed by atoms with van der Waals surface area (Å²) in [6.07, 6.45) is 0. The number of amides is 1. The summed E-state index contributed by atoms with van der Waals surface area (Å²) in [4.78, 5) is 11.4. The molecule has 3 aromatic carbocycles. The van der Waals surface area contributed by atoms with E-state index in [2.05, 4.69) is 10.0 Å². The first-order valence-electron chi connectivity index (χ1n) is 8.53. The second-order valence-corrected chi connectivity index (χ2v) is 7.74. The largest absolute Gasteiger partial charge is 0.495 e. The number of nitrogens with one attached hydrogen (secondary N) is 2. The van der Waals surface area contributed by atoms with Gasteiger partial charge in [-0.25, -0.2) is 8.42 Å². The average molecular weight is 396 g/mol. The van der Waals surface area contributed by atoms with Gasteiger partial charge in [-0.2, -0.15) is 0 Å². The van der Waals surface area contributed by atoms with Gasteiger partial charge in [0, 0.05) is 12.5 Å². The minimum absolute atomic E-state index is 0.0138. The summed E-state index contributed by atoms with van der Waals surface area (Å²) in [6.45, 7) is 1.34. The molecule has 3 rings (SSSR count). The van der Waals surface area contributed by atoms with Gasteiger partial charge in [-0.15, -0.1) is 0 Å². The van der Waals surface area contributed by atoms with E-state index in [-0.39, 0.29) is 16.5 Å². The summed E-state index contributed by atoms with van der Waals surface area (Å²) in [6, 6.07) is 21.0. The molecule has 0 heterocycles. The van der Waals surface area contributed by atoms with Crippen LogP contribution in [0, 0.1) is 0 Å². The number of sulfonamides is 1. The molecule has 0 radical (unpaired) electrons. The predicted molar refractivity (Wildman–Crippen MR) is 110 cm³/mol. The molecule has 0 fully saturated rings. The molecule has 3 aromatic rings. The van der Waals surface area contributed by atoms with Crippen molar-refractivity contribution in [2.24, 2.45) is 0 Å². The first-order chi connectivity index (χ1) is 13.4. The van der Waals surface area contributed by atoms with E-state index in [1.165, 1.54) is 32.2 Å². The van der Waals surface area contributed by atoms with Crippen molar-refractivity contribution in [3.05, 3.63) is 72.8 Å². The lowest BCUT2D eigenvalue weighted by Crippen LogP contribution is -2.15. The number of methoxy groups -OCH3 is 1. The Morgan fingerprint density at radius 3 is 2.25 bits per heavy atom. The van der Waals surface area contributed by atoms with Crippen LogP contribution in [0.1, 0.15) is 6.92 Å². The molecule has 28 heavy (non-hydrogen) atoms. The van der Waals surface area contributed by atoms with Crippen LogP contribution in [-0.2, 0) is 14.8 Å². The van der Waals surface area contributed by atoms with E-state index < -0.39 is 10.0 Å². The number of anilines is 2. The molecular formula is C21H20N2O4S. The topological polar surface area (TPSA) is 84.5 Å². The van der Waals surface area contributed by atoms with E-state index in [4.69, 9.17) is 4.74 Å². The van der Waals surface area contributed by atoms with Gasteiger partial charge in [0.05, 0.1) is 23.4 Å². The average Bonchev–Trinajstić information content (AvgIpc) is 2.68. The Kier molecular flexibility index (Phi) is 5.65. The molecule has 0 atom stereocenters. The lowest BCUT2D eigenvalue weighted by molar-refractivity contribution is -0.114. The normalized spacial score (nSPS) is 10.9. The first kappa shape index (κ1) is 19.4. The number of hydrogen-bond acceptors (Lipinski definition) is 4. The number of carbonyl (C=O) groups excluding carboxylic acids is 1. The van der Waals surface area contributed by atoms with Gasteiger partial charge < -0.3 is 10.1 Å². The van der Waals surface area contributed by atoms with Gasteiger partial charge in [-0.05, 0) is 29.8 Å². The van der Waals surface area contributed by atoms with Gasteiger partial charge in [0.15, 0.2) is 0 Å². The molecule has 0 bridgehead atoms. The molecule has 0 spiro atoms. The fraction of sp³-hybridized carbons (Fsp3) is 0.0952. The van der Waals surface area contributed by atoms with Crippen LogP contribution < -0.4 is 14.8 Å². The molecule has 144 valence electrons. The van der Waals surface area contributed by atoms with Gasteiger partial charge >= 0.3 is 0 Å². The summed E-state index contributed by atoms with van der Waals surface area (Å²) in [5.74, 6) is 0.0501. The van der Waals surface area contributed by atoms with E-state index in [0.29, 0.717) is 11.4 Å². The number of ether oxygens (including phenoxy) is 1. The van der Waals surface area contributed by atoms with E-state index in [1.807, 2.05) is 42.5 Å². The maximum atomic E-state index is 13.0. The van der Waals surface area contributed by atoms with Crippen LogP contribution in [0.25, 0.3) is 11.1 Å². The van der Waals surface area contributed by atoms with E-state index in [1.54, 1.807) is 12.1 Å². The second-order valence-electron chi connectivity index (χ2n) is 6.06. The van der Waals surface area contributed by atoms with Crippen molar-refractivity contribution in [3.8, 4) is 16.9 Å². The molecule has 0 aliphatic rings. The van der Waals surface area contributed by atoms with E-state index >= 15 is 0 Å². The zero-order valence-electron chi connectivity index (χ0n) is 15.5. The molecule has 0 aliphatic heterocycles. The zero-order chi connectivity index (χ0) is 20.1. The minimum Gasteiger partial charge on any atom is -0.495 e. The number of para-hydroxylation sites is 1. The summed E-state index contributed by atoms with van der Waals surface area (Å²) in [5.41, 5.74) is 2.41. The molecule has 0 saturated heterocycles. The molecule has 2 N–H and O–H groups in total. The fourth-order valence-electron chi connectivity index (χ4n) is 2.79. The minimum atomic E-state index is -3.88. The summed E-state index contributed by atoms with van der Waals surface area (Å²) < 4.78 is 33.7. The lowest BCUT2D eigenvalue weighted by Gasteiger charge is -2.15. The van der Waals surface area contributed by atoms with Crippen molar-refractivity contribution in [3.63, 3.8) is 0 Å². The number of carbonyl (C=O) groups is 1. The Hall–Kier alpha value is -3.32. The van der Waals surface area contributed by atoms with Gasteiger partial charge in [0.25, 0.3) is 10.0 Å². The third kappa shape index (κ3) is 4.32. The Balaban J connectivity index is 1.99. The summed E-state index contributed by atoms with van der Waals surface area (Å²) in [7, 11) is -2.44. The number of rotatable bonds is 6. The highest BCUT2D eigenvalue weighted by Crippen LogP contribution is 2.31. The standard InChI is InChI=1S/C21H20N2O4S/c1-15(24)22-20-14-17(12-13-21(20)27-2)28(25,26)23-19-11-7-6-10-18(19)16-8-4-3-5-9-16/h3-14,23H,1-2H3,(H,22,24). The van der Waals surface area contributed by atoms with Gasteiger partial charge in [0.2, 0.25) is 5.91 Å². The van der Waals surface area contributed by atoms with Crippen LogP contribution in [0.15, 0.2) is 77.7 Å². The van der Waals surface area contributed by atoms with Crippen molar-refractivity contribution in [2.45, 2.75) is 11.8 Å². The first-order valence-corrected chi connectivity index (χ1v) is 10.0. The molecule has 7 heteroatoms. The maximum Gasteiger partial charge on any atom is 0.261 e. The highest BCUT2D eigenvalue weighted by molar-refractivity contribution is 7.92. The monoisotopic (exact) mass is 396 g/mol. The van der Waals surface area contributed by atoms with Crippen molar-refractivity contribution in [1.29, 1.82) is 0 Å². The molecule has 1 amide bonds. The maximum absolute atomic E-state index is 13.0. The SMILES string of the molecule is COc1ccc(S(=O)(=O)Nc2ccccc2-c2ccccc2)cc1NC(C)=O. The van der Waals surface area contributed by atoms with Crippen molar-refractivity contribution >= 4 is 27.3 Å². The van der Waals surface area contributed by atoms with Crippen LogP contribution in [0.2, 0.25) is 0 Å². The van der Waals surface area contributed by atoms with Crippen LogP contribution in [0.5, 0.6) is 5.75 Å². The Morgan fingerprint density at radius 1 is 0.893 bits per heavy atom. The summed E-state index contributed by atoms with van der Waals surface area (Å²) in [5, 5.41) is 2.58. The number of benzene rings is 3. The van der Waals surface area contributed by atoms with Crippen molar-refractivity contribution in [1.82, 2.24) is 0 Å². The van der Waals surface area contributed by atoms with Crippen LogP contribution in [0.3, 0.4) is 0 Å². The quantitative estimate of drug-likeness (QED) is 0.656. The van der Waals surface area contributed by atoms with E-state index in [0.717, 1.165) is 11.1 Å². The van der Waals surface area contributed by atoms with Crippen molar-refractivity contribution in [2.75, 3.05) is 17.1 Å². The van der Waals surface area contributed by atoms with Gasteiger partial charge in [0.1, 0.15) is 5.75 Å². The Bertz CT molecular complexity index is 1100. The fourth-order valence-corrected chi connectivity index (χ4v) is 3.89. The second kappa shape index (κ2) is 8.14. The van der Waals surface area contributed by atoms with E-state index in [9.17, 15) is 13.2 Å². The summed E-state index contributed by atoms with van der Waals surface area (Å²) >= 11 is 0. The van der Waals surface area contributed by atoms with Gasteiger partial charge in [-0.1, -0.05) is 48.5 Å². The van der Waals surface area contributed by atoms with Crippen LogP contribution >= 0.6 is 0 Å². The van der Waals surface area contributed by atoms with Crippen molar-refractivity contribution < 1.29 is 17.9 Å². The third-order valence-corrected chi connectivity index (χ3v) is 5.41. The van der Waals surface area contributed by atoms with Gasteiger partial charge in [-0.3, -0.25) is 9.52 Å². The third-order valence-electron chi connectivity index (χ3n) is 4.05. The molecule has 0 saturated carbocycles. The molecule has 6 nitrogen and oxygen atoms in total. The van der Waals surface area contributed by atoms with Crippen LogP contribution in [-0.4, -0.2) is 21.4 Å². The number of hydrogen-bond donors (Lipinski definition) is 2.